The van der Waals surface area contributed by atoms with E-state index < -0.39 is 6.10 Å². The molecule has 2 atom stereocenters. The van der Waals surface area contributed by atoms with Gasteiger partial charge in [-0.3, -0.25) is 14.4 Å². The van der Waals surface area contributed by atoms with Crippen molar-refractivity contribution in [3.05, 3.63) is 0 Å². The lowest BCUT2D eigenvalue weighted by molar-refractivity contribution is -0.167. The van der Waals surface area contributed by atoms with Gasteiger partial charge in [-0.25, -0.2) is 0 Å². The Bertz CT molecular complexity index is 918. The molecule has 0 aromatic heterocycles. The van der Waals surface area contributed by atoms with E-state index in [-0.39, 0.29) is 31.1 Å². The van der Waals surface area contributed by atoms with Crippen molar-refractivity contribution in [2.75, 3.05) is 13.2 Å². The zero-order valence-corrected chi connectivity index (χ0v) is 41.1. The van der Waals surface area contributed by atoms with E-state index in [9.17, 15) is 14.4 Å². The molecule has 0 aliphatic carbocycles. The normalized spacial score (nSPS) is 12.5. The molecule has 0 amide bonds. The maximum absolute atomic E-state index is 12.8. The Kier molecular flexibility index (Phi) is 45.7. The zero-order chi connectivity index (χ0) is 44.0. The third-order valence-electron chi connectivity index (χ3n) is 12.6. The first-order valence-corrected chi connectivity index (χ1v) is 26.8. The summed E-state index contributed by atoms with van der Waals surface area (Å²) in [7, 11) is 0. The van der Waals surface area contributed by atoms with Crippen LogP contribution >= 0.6 is 0 Å². The van der Waals surface area contributed by atoms with E-state index in [0.29, 0.717) is 19.3 Å². The van der Waals surface area contributed by atoms with Gasteiger partial charge in [-0.15, -0.1) is 0 Å². The van der Waals surface area contributed by atoms with Gasteiger partial charge in [-0.1, -0.05) is 259 Å². The van der Waals surface area contributed by atoms with Gasteiger partial charge in [0.2, 0.25) is 0 Å². The van der Waals surface area contributed by atoms with Crippen molar-refractivity contribution < 1.29 is 28.6 Å². The van der Waals surface area contributed by atoms with Crippen molar-refractivity contribution in [3.8, 4) is 0 Å². The smallest absolute Gasteiger partial charge is 0.306 e. The molecular weight excluding hydrogens is 745 g/mol. The quantitative estimate of drug-likeness (QED) is 0.0345. The molecule has 0 aliphatic rings. The van der Waals surface area contributed by atoms with Gasteiger partial charge < -0.3 is 14.2 Å². The summed E-state index contributed by atoms with van der Waals surface area (Å²) in [6.45, 7) is 11.4. The van der Waals surface area contributed by atoms with Crippen molar-refractivity contribution in [2.24, 2.45) is 11.8 Å². The monoisotopic (exact) mass is 849 g/mol. The summed E-state index contributed by atoms with van der Waals surface area (Å²) in [6, 6.07) is 0. The highest BCUT2D eigenvalue weighted by molar-refractivity contribution is 5.71. The summed E-state index contributed by atoms with van der Waals surface area (Å²) in [5.41, 5.74) is 0. The molecule has 0 spiro atoms. The van der Waals surface area contributed by atoms with E-state index in [2.05, 4.69) is 34.6 Å². The molecule has 1 unspecified atom stereocenters. The topological polar surface area (TPSA) is 78.9 Å². The number of unbranched alkanes of at least 4 members (excludes halogenated alkanes) is 32. The molecular formula is C54H104O6. The van der Waals surface area contributed by atoms with Crippen molar-refractivity contribution >= 4 is 17.9 Å². The Hall–Kier alpha value is -1.59. The number of esters is 3. The predicted octanol–water partition coefficient (Wildman–Crippen LogP) is 17.3. The average Bonchev–Trinajstić information content (AvgIpc) is 3.23. The summed E-state index contributed by atoms with van der Waals surface area (Å²) < 4.78 is 16.8. The first-order valence-electron chi connectivity index (χ1n) is 26.8. The molecule has 0 heterocycles. The van der Waals surface area contributed by atoms with Crippen LogP contribution in [-0.4, -0.2) is 37.2 Å². The molecule has 0 aromatic rings. The predicted molar refractivity (Wildman–Crippen MR) is 256 cm³/mol. The minimum absolute atomic E-state index is 0.0634. The Morgan fingerprint density at radius 1 is 0.350 bits per heavy atom. The van der Waals surface area contributed by atoms with Crippen LogP contribution in [0, 0.1) is 11.8 Å². The highest BCUT2D eigenvalue weighted by Crippen LogP contribution is 2.18. The summed E-state index contributed by atoms with van der Waals surface area (Å²) in [5.74, 6) is 0.856. The molecule has 6 heteroatoms. The fourth-order valence-corrected chi connectivity index (χ4v) is 8.13. The first-order chi connectivity index (χ1) is 29.3. The maximum Gasteiger partial charge on any atom is 0.306 e. The standard InChI is InChI=1S/C54H104O6/c1-6-8-9-10-11-12-13-14-18-24-29-34-39-44-52(55)58-47-51(60-54(57)46-41-36-31-26-21-20-23-28-33-38-43-50(5)7-2)48-59-53(56)45-40-35-30-25-19-16-15-17-22-27-32-37-42-49(3)4/h49-51H,6-48H2,1-5H3/t50?,51-/m1/s1. The SMILES string of the molecule is CCCCCCCCCCCCCCCC(=O)OC[C@H](COC(=O)CCCCCCCCCCCCCCC(C)C)OC(=O)CCCCCCCCCCCCC(C)CC. The van der Waals surface area contributed by atoms with Crippen molar-refractivity contribution in [1.29, 1.82) is 0 Å². The van der Waals surface area contributed by atoms with Gasteiger partial charge in [0.1, 0.15) is 13.2 Å². The maximum atomic E-state index is 12.8. The van der Waals surface area contributed by atoms with Gasteiger partial charge in [0.05, 0.1) is 0 Å². The Morgan fingerprint density at radius 3 is 0.950 bits per heavy atom. The second kappa shape index (κ2) is 46.9. The average molecular weight is 849 g/mol. The molecule has 0 saturated heterocycles. The third-order valence-corrected chi connectivity index (χ3v) is 12.6. The number of hydrogen-bond donors (Lipinski definition) is 0. The first kappa shape index (κ1) is 58.4. The molecule has 60 heavy (non-hydrogen) atoms. The molecule has 0 aliphatic heterocycles. The fourth-order valence-electron chi connectivity index (χ4n) is 8.13. The van der Waals surface area contributed by atoms with Crippen LogP contribution in [0.5, 0.6) is 0 Å². The van der Waals surface area contributed by atoms with E-state index in [1.54, 1.807) is 0 Å². The van der Waals surface area contributed by atoms with E-state index in [4.69, 9.17) is 14.2 Å². The Labute approximate surface area is 374 Å². The molecule has 356 valence electrons. The van der Waals surface area contributed by atoms with Gasteiger partial charge in [-0.2, -0.15) is 0 Å². The Morgan fingerprint density at radius 2 is 0.633 bits per heavy atom. The minimum Gasteiger partial charge on any atom is -0.462 e. The Balaban J connectivity index is 4.32. The van der Waals surface area contributed by atoms with Crippen molar-refractivity contribution in [2.45, 2.75) is 304 Å². The fraction of sp³-hybridized carbons (Fsp3) is 0.944. The zero-order valence-electron chi connectivity index (χ0n) is 41.1. The van der Waals surface area contributed by atoms with Crippen molar-refractivity contribution in [1.82, 2.24) is 0 Å². The second-order valence-corrected chi connectivity index (χ2v) is 19.2. The van der Waals surface area contributed by atoms with Gasteiger partial charge >= 0.3 is 17.9 Å². The lowest BCUT2D eigenvalue weighted by Crippen LogP contribution is -2.30. The van der Waals surface area contributed by atoms with E-state index in [0.717, 1.165) is 69.6 Å². The van der Waals surface area contributed by atoms with Crippen LogP contribution in [0.3, 0.4) is 0 Å². The number of carbonyl (C=O) groups is 3. The largest absolute Gasteiger partial charge is 0.462 e. The molecule has 0 N–H and O–H groups in total. The summed E-state index contributed by atoms with van der Waals surface area (Å²) in [6.07, 6.45) is 47.9. The van der Waals surface area contributed by atoms with E-state index in [1.807, 2.05) is 0 Å². The molecule has 0 fully saturated rings. The lowest BCUT2D eigenvalue weighted by atomic mass is 9.99. The lowest BCUT2D eigenvalue weighted by Gasteiger charge is -2.18. The van der Waals surface area contributed by atoms with Crippen LogP contribution < -0.4 is 0 Å². The van der Waals surface area contributed by atoms with Gasteiger partial charge in [0, 0.05) is 19.3 Å². The number of ether oxygens (including phenoxy) is 3. The van der Waals surface area contributed by atoms with Crippen LogP contribution in [0.1, 0.15) is 298 Å². The third kappa shape index (κ3) is 45.9. The summed E-state index contributed by atoms with van der Waals surface area (Å²) in [5, 5.41) is 0. The van der Waals surface area contributed by atoms with Crippen LogP contribution in [0.4, 0.5) is 0 Å². The summed E-state index contributed by atoms with van der Waals surface area (Å²) in [4.78, 5) is 38.0. The van der Waals surface area contributed by atoms with Crippen LogP contribution in [0.25, 0.3) is 0 Å². The van der Waals surface area contributed by atoms with Gasteiger partial charge in [0.15, 0.2) is 6.10 Å². The summed E-state index contributed by atoms with van der Waals surface area (Å²) >= 11 is 0. The van der Waals surface area contributed by atoms with Crippen LogP contribution in [0.2, 0.25) is 0 Å². The van der Waals surface area contributed by atoms with E-state index >= 15 is 0 Å². The molecule has 0 bridgehead atoms. The minimum atomic E-state index is -0.762. The van der Waals surface area contributed by atoms with Crippen LogP contribution in [-0.2, 0) is 28.6 Å². The number of hydrogen-bond acceptors (Lipinski definition) is 6. The highest BCUT2D eigenvalue weighted by Gasteiger charge is 2.19. The molecule has 0 saturated carbocycles. The molecule has 0 rings (SSSR count). The van der Waals surface area contributed by atoms with Crippen LogP contribution in [0.15, 0.2) is 0 Å². The van der Waals surface area contributed by atoms with Crippen molar-refractivity contribution in [3.63, 3.8) is 0 Å². The number of rotatable bonds is 48. The molecule has 6 nitrogen and oxygen atoms in total. The van der Waals surface area contributed by atoms with Gasteiger partial charge in [0.25, 0.3) is 0 Å². The molecule has 0 aromatic carbocycles. The second-order valence-electron chi connectivity index (χ2n) is 19.2. The highest BCUT2D eigenvalue weighted by atomic mass is 16.6. The van der Waals surface area contributed by atoms with Gasteiger partial charge in [-0.05, 0) is 31.1 Å². The van der Waals surface area contributed by atoms with E-state index in [1.165, 1.54) is 186 Å². The number of carbonyl (C=O) groups excluding carboxylic acids is 3. The molecule has 0 radical (unpaired) electrons.